The summed E-state index contributed by atoms with van der Waals surface area (Å²) in [5.74, 6) is 0. The molecule has 2 atom stereocenters. The molecule has 2 aliphatic rings. The third-order valence-corrected chi connectivity index (χ3v) is 3.49. The van der Waals surface area contributed by atoms with Gasteiger partial charge >= 0.3 is 17.1 Å². The lowest BCUT2D eigenvalue weighted by atomic mass is 10.4. The van der Waals surface area contributed by atoms with Crippen LogP contribution in [-0.2, 0) is 29.1 Å². The molecule has 3 rings (SSSR count). The van der Waals surface area contributed by atoms with Crippen LogP contribution < -0.4 is 17.1 Å². The van der Waals surface area contributed by atoms with E-state index in [4.69, 9.17) is 9.47 Å². The highest BCUT2D eigenvalue weighted by Crippen LogP contribution is 2.10. The molecule has 1 aromatic rings. The predicted molar refractivity (Wildman–Crippen MR) is 73.5 cm³/mol. The molecule has 3 heterocycles. The Bertz CT molecular complexity index is 681. The summed E-state index contributed by atoms with van der Waals surface area (Å²) in [4.78, 5) is 37.0. The van der Waals surface area contributed by atoms with Crippen molar-refractivity contribution in [3.8, 4) is 0 Å². The normalized spacial score (nSPS) is 23.7. The van der Waals surface area contributed by atoms with Crippen molar-refractivity contribution in [3.05, 3.63) is 43.6 Å². The zero-order chi connectivity index (χ0) is 15.0. The third-order valence-electron chi connectivity index (χ3n) is 3.49. The van der Waals surface area contributed by atoms with Crippen molar-refractivity contribution in [2.24, 2.45) is 0 Å². The number of epoxide rings is 2. The van der Waals surface area contributed by atoms with E-state index in [1.54, 1.807) is 19.1 Å². The molecule has 0 N–H and O–H groups in total. The molecule has 21 heavy (non-hydrogen) atoms. The Morgan fingerprint density at radius 3 is 1.76 bits per heavy atom. The number of nitrogens with zero attached hydrogens (tertiary/aromatic N) is 3. The summed E-state index contributed by atoms with van der Waals surface area (Å²) in [6, 6.07) is 0. The highest BCUT2D eigenvalue weighted by molar-refractivity contribution is 4.87. The first-order valence-electron chi connectivity index (χ1n) is 6.90. The van der Waals surface area contributed by atoms with Gasteiger partial charge in [0.15, 0.2) is 0 Å². The summed E-state index contributed by atoms with van der Waals surface area (Å²) in [7, 11) is 0. The SMILES string of the molecule is C/C=C/Cn1c(=O)n(CC2CO2)c(=O)n(CC2CO2)c1=O. The zero-order valence-corrected chi connectivity index (χ0v) is 11.7. The minimum Gasteiger partial charge on any atom is -0.371 e. The van der Waals surface area contributed by atoms with Crippen LogP contribution in [0.3, 0.4) is 0 Å². The zero-order valence-electron chi connectivity index (χ0n) is 11.7. The van der Waals surface area contributed by atoms with Gasteiger partial charge in [0, 0.05) is 0 Å². The summed E-state index contributed by atoms with van der Waals surface area (Å²) in [6.45, 7) is 3.37. The minimum atomic E-state index is -0.591. The number of hydrogen-bond acceptors (Lipinski definition) is 5. The molecule has 0 aromatic carbocycles. The van der Waals surface area contributed by atoms with Crippen LogP contribution in [0.15, 0.2) is 26.5 Å². The van der Waals surface area contributed by atoms with Crippen LogP contribution in [0, 0.1) is 0 Å². The van der Waals surface area contributed by atoms with Gasteiger partial charge in [0.25, 0.3) is 0 Å². The fourth-order valence-corrected chi connectivity index (χ4v) is 2.12. The van der Waals surface area contributed by atoms with Crippen molar-refractivity contribution in [1.29, 1.82) is 0 Å². The van der Waals surface area contributed by atoms with Crippen LogP contribution in [0.1, 0.15) is 6.92 Å². The lowest BCUT2D eigenvalue weighted by molar-refractivity contribution is 0.343. The fourth-order valence-electron chi connectivity index (χ4n) is 2.12. The molecule has 1 aromatic heterocycles. The van der Waals surface area contributed by atoms with Crippen molar-refractivity contribution in [3.63, 3.8) is 0 Å². The van der Waals surface area contributed by atoms with Gasteiger partial charge in [-0.3, -0.25) is 0 Å². The number of aromatic nitrogens is 3. The Balaban J connectivity index is 2.10. The monoisotopic (exact) mass is 295 g/mol. The lowest BCUT2D eigenvalue weighted by Crippen LogP contribution is -2.55. The number of hydrogen-bond donors (Lipinski definition) is 0. The van der Waals surface area contributed by atoms with E-state index in [0.29, 0.717) is 13.2 Å². The maximum atomic E-state index is 12.3. The smallest absolute Gasteiger partial charge is 0.336 e. The summed E-state index contributed by atoms with van der Waals surface area (Å²) in [5, 5.41) is 0. The molecule has 0 spiro atoms. The second-order valence-corrected chi connectivity index (χ2v) is 5.16. The average molecular weight is 295 g/mol. The third kappa shape index (κ3) is 2.91. The van der Waals surface area contributed by atoms with Gasteiger partial charge in [0.2, 0.25) is 0 Å². The maximum Gasteiger partial charge on any atom is 0.336 e. The largest absolute Gasteiger partial charge is 0.371 e. The lowest BCUT2D eigenvalue weighted by Gasteiger charge is -2.11. The summed E-state index contributed by atoms with van der Waals surface area (Å²) in [6.07, 6.45) is 3.21. The van der Waals surface area contributed by atoms with E-state index < -0.39 is 17.1 Å². The Hall–Kier alpha value is -1.93. The van der Waals surface area contributed by atoms with E-state index in [2.05, 4.69) is 0 Å². The highest BCUT2D eigenvalue weighted by atomic mass is 16.6. The van der Waals surface area contributed by atoms with Crippen molar-refractivity contribution in [1.82, 2.24) is 13.7 Å². The Morgan fingerprint density at radius 1 is 0.952 bits per heavy atom. The van der Waals surface area contributed by atoms with Crippen molar-refractivity contribution >= 4 is 0 Å². The molecule has 0 bridgehead atoms. The topological polar surface area (TPSA) is 91.1 Å². The van der Waals surface area contributed by atoms with Gasteiger partial charge in [-0.2, -0.15) is 0 Å². The van der Waals surface area contributed by atoms with Crippen molar-refractivity contribution in [2.75, 3.05) is 13.2 Å². The van der Waals surface area contributed by atoms with Crippen LogP contribution in [-0.4, -0.2) is 39.1 Å². The van der Waals surface area contributed by atoms with Crippen LogP contribution in [0.2, 0.25) is 0 Å². The van der Waals surface area contributed by atoms with E-state index in [0.717, 1.165) is 13.7 Å². The number of rotatable bonds is 6. The summed E-state index contributed by atoms with van der Waals surface area (Å²) in [5.41, 5.74) is -1.77. The Morgan fingerprint density at radius 2 is 1.38 bits per heavy atom. The predicted octanol–water partition coefficient (Wildman–Crippen LogP) is -1.45. The van der Waals surface area contributed by atoms with Gasteiger partial charge in [0.05, 0.1) is 45.1 Å². The number of allylic oxidation sites excluding steroid dienone is 2. The molecule has 0 aliphatic carbocycles. The standard InChI is InChI=1S/C13H17N3O5/c1-2-3-4-14-11(17)15(5-9-7-20-9)13(19)16(12(14)18)6-10-8-21-10/h2-3,9-10H,4-8H2,1H3/b3-2+. The van der Waals surface area contributed by atoms with E-state index in [1.807, 2.05) is 0 Å². The van der Waals surface area contributed by atoms with Crippen molar-refractivity contribution in [2.45, 2.75) is 38.8 Å². The van der Waals surface area contributed by atoms with E-state index in [-0.39, 0.29) is 31.8 Å². The van der Waals surface area contributed by atoms with Gasteiger partial charge in [-0.15, -0.1) is 0 Å². The Kier molecular flexibility index (Phi) is 3.64. The first-order chi connectivity index (χ1) is 10.1. The molecule has 2 unspecified atom stereocenters. The molecule has 2 aliphatic heterocycles. The molecule has 0 saturated carbocycles. The van der Waals surface area contributed by atoms with Gasteiger partial charge in [-0.1, -0.05) is 12.2 Å². The molecule has 114 valence electrons. The quantitative estimate of drug-likeness (QED) is 0.473. The highest BCUT2D eigenvalue weighted by Gasteiger charge is 2.29. The molecule has 0 radical (unpaired) electrons. The molecule has 8 nitrogen and oxygen atoms in total. The average Bonchev–Trinajstić information content (AvgIpc) is 3.35. The maximum absolute atomic E-state index is 12.3. The molecule has 0 amide bonds. The second kappa shape index (κ2) is 5.45. The van der Waals surface area contributed by atoms with Gasteiger partial charge in [-0.25, -0.2) is 28.1 Å². The van der Waals surface area contributed by atoms with E-state index >= 15 is 0 Å². The van der Waals surface area contributed by atoms with Crippen LogP contribution in [0.25, 0.3) is 0 Å². The fraction of sp³-hybridized carbons (Fsp3) is 0.615. The summed E-state index contributed by atoms with van der Waals surface area (Å²) >= 11 is 0. The van der Waals surface area contributed by atoms with Crippen LogP contribution in [0.4, 0.5) is 0 Å². The number of ether oxygens (including phenoxy) is 2. The first-order valence-corrected chi connectivity index (χ1v) is 6.90. The van der Waals surface area contributed by atoms with Gasteiger partial charge in [-0.05, 0) is 6.92 Å². The first kappa shape index (κ1) is 14.0. The van der Waals surface area contributed by atoms with E-state index in [9.17, 15) is 14.4 Å². The summed E-state index contributed by atoms with van der Waals surface area (Å²) < 4.78 is 13.4. The van der Waals surface area contributed by atoms with Crippen LogP contribution >= 0.6 is 0 Å². The molecular weight excluding hydrogens is 278 g/mol. The second-order valence-electron chi connectivity index (χ2n) is 5.16. The molecular formula is C13H17N3O5. The van der Waals surface area contributed by atoms with Gasteiger partial charge in [0.1, 0.15) is 0 Å². The van der Waals surface area contributed by atoms with E-state index in [1.165, 1.54) is 0 Å². The van der Waals surface area contributed by atoms with Crippen LogP contribution in [0.5, 0.6) is 0 Å². The van der Waals surface area contributed by atoms with Gasteiger partial charge < -0.3 is 9.47 Å². The molecule has 2 saturated heterocycles. The van der Waals surface area contributed by atoms with Crippen molar-refractivity contribution < 1.29 is 9.47 Å². The Labute approximate surface area is 119 Å². The molecule has 2 fully saturated rings. The molecule has 8 heteroatoms. The minimum absolute atomic E-state index is 0.117.